The molecule has 0 aliphatic rings. The summed E-state index contributed by atoms with van der Waals surface area (Å²) >= 11 is 18.7. The van der Waals surface area contributed by atoms with Crippen LogP contribution in [0.1, 0.15) is 38.3 Å². The summed E-state index contributed by atoms with van der Waals surface area (Å²) in [5.74, 6) is -0.433. The molecule has 2 amide bonds. The lowest BCUT2D eigenvalue weighted by molar-refractivity contribution is -0.140. The maximum Gasteiger partial charge on any atom is 0.242 e. The van der Waals surface area contributed by atoms with Crippen molar-refractivity contribution in [1.29, 1.82) is 0 Å². The summed E-state index contributed by atoms with van der Waals surface area (Å²) in [6.45, 7) is 5.75. The minimum absolute atomic E-state index is 0.0127. The molecule has 2 atom stereocenters. The Balaban J connectivity index is 2.31. The fourth-order valence-electron chi connectivity index (χ4n) is 2.82. The van der Waals surface area contributed by atoms with Gasteiger partial charge in [-0.1, -0.05) is 59.9 Å². The van der Waals surface area contributed by atoms with Gasteiger partial charge in [-0.05, 0) is 50.1 Å². The van der Waals surface area contributed by atoms with Gasteiger partial charge in [0.15, 0.2) is 0 Å². The highest BCUT2D eigenvalue weighted by Crippen LogP contribution is 2.27. The Kier molecular flexibility index (Phi) is 8.81. The Morgan fingerprint density at radius 2 is 1.66 bits per heavy atom. The highest BCUT2D eigenvalue weighted by atomic mass is 35.5. The zero-order valence-electron chi connectivity index (χ0n) is 16.7. The van der Waals surface area contributed by atoms with Gasteiger partial charge < -0.3 is 10.2 Å². The van der Waals surface area contributed by atoms with E-state index in [2.05, 4.69) is 5.32 Å². The van der Waals surface area contributed by atoms with E-state index < -0.39 is 6.04 Å². The molecule has 29 heavy (non-hydrogen) atoms. The molecule has 7 heteroatoms. The average molecular weight is 456 g/mol. The van der Waals surface area contributed by atoms with E-state index in [-0.39, 0.29) is 30.8 Å². The Morgan fingerprint density at radius 3 is 2.24 bits per heavy atom. The summed E-state index contributed by atoms with van der Waals surface area (Å²) in [5.41, 5.74) is 1.38. The molecular formula is C22H25Cl3N2O2. The van der Waals surface area contributed by atoms with Gasteiger partial charge in [0.05, 0.1) is 6.42 Å². The van der Waals surface area contributed by atoms with Gasteiger partial charge in [0.2, 0.25) is 11.8 Å². The third-order valence-corrected chi connectivity index (χ3v) is 5.75. The second-order valence-electron chi connectivity index (χ2n) is 7.02. The number of hydrogen-bond acceptors (Lipinski definition) is 2. The van der Waals surface area contributed by atoms with Crippen LogP contribution in [-0.4, -0.2) is 28.8 Å². The molecule has 0 fully saturated rings. The third-order valence-electron chi connectivity index (χ3n) is 4.80. The molecular weight excluding hydrogens is 431 g/mol. The number of nitrogens with zero attached hydrogens (tertiary/aromatic N) is 1. The number of benzene rings is 2. The molecule has 2 aromatic rings. The van der Waals surface area contributed by atoms with Crippen molar-refractivity contribution in [2.45, 2.75) is 52.2 Å². The standard InChI is InChI=1S/C22H25Cl3N2O2/c1-4-14(2)26-22(29)15(3)27(13-18-19(24)9-6-10-20(18)25)21(28)12-16-7-5-8-17(23)11-16/h5-11,14-15H,4,12-13H2,1-3H3,(H,26,29). The minimum Gasteiger partial charge on any atom is -0.352 e. The van der Waals surface area contributed by atoms with Crippen molar-refractivity contribution in [3.63, 3.8) is 0 Å². The van der Waals surface area contributed by atoms with E-state index in [9.17, 15) is 9.59 Å². The molecule has 156 valence electrons. The van der Waals surface area contributed by atoms with Crippen molar-refractivity contribution >= 4 is 46.6 Å². The molecule has 2 rings (SSSR count). The van der Waals surface area contributed by atoms with Crippen LogP contribution in [-0.2, 0) is 22.6 Å². The van der Waals surface area contributed by atoms with Crippen molar-refractivity contribution in [3.05, 3.63) is 68.7 Å². The molecule has 2 aromatic carbocycles. The van der Waals surface area contributed by atoms with Crippen LogP contribution >= 0.6 is 34.8 Å². The molecule has 2 unspecified atom stereocenters. The van der Waals surface area contributed by atoms with E-state index >= 15 is 0 Å². The van der Waals surface area contributed by atoms with Crippen molar-refractivity contribution in [1.82, 2.24) is 10.2 Å². The first-order valence-electron chi connectivity index (χ1n) is 9.50. The van der Waals surface area contributed by atoms with Crippen LogP contribution in [0, 0.1) is 0 Å². The predicted octanol–water partition coefficient (Wildman–Crippen LogP) is 5.52. The van der Waals surface area contributed by atoms with Gasteiger partial charge in [0.1, 0.15) is 6.04 Å². The van der Waals surface area contributed by atoms with E-state index in [0.717, 1.165) is 12.0 Å². The monoisotopic (exact) mass is 454 g/mol. The quantitative estimate of drug-likeness (QED) is 0.569. The summed E-state index contributed by atoms with van der Waals surface area (Å²) in [6.07, 6.45) is 0.912. The lowest BCUT2D eigenvalue weighted by Gasteiger charge is -2.30. The van der Waals surface area contributed by atoms with E-state index in [0.29, 0.717) is 20.6 Å². The van der Waals surface area contributed by atoms with Crippen LogP contribution in [0.3, 0.4) is 0 Å². The van der Waals surface area contributed by atoms with Crippen LogP contribution in [0.4, 0.5) is 0 Å². The molecule has 0 aliphatic carbocycles. The zero-order chi connectivity index (χ0) is 21.6. The van der Waals surface area contributed by atoms with Crippen LogP contribution in [0.5, 0.6) is 0 Å². The average Bonchev–Trinajstić information content (AvgIpc) is 2.67. The lowest BCUT2D eigenvalue weighted by Crippen LogP contribution is -2.50. The molecule has 0 aliphatic heterocycles. The van der Waals surface area contributed by atoms with Gasteiger partial charge in [0, 0.05) is 33.2 Å². The highest BCUT2D eigenvalue weighted by Gasteiger charge is 2.28. The SMILES string of the molecule is CCC(C)NC(=O)C(C)N(Cc1c(Cl)cccc1Cl)C(=O)Cc1cccc(Cl)c1. The minimum atomic E-state index is -0.692. The summed E-state index contributed by atoms with van der Waals surface area (Å²) in [7, 11) is 0. The van der Waals surface area contributed by atoms with Crippen molar-refractivity contribution in [2.75, 3.05) is 0 Å². The molecule has 0 heterocycles. The highest BCUT2D eigenvalue weighted by molar-refractivity contribution is 6.36. The topological polar surface area (TPSA) is 49.4 Å². The largest absolute Gasteiger partial charge is 0.352 e. The van der Waals surface area contributed by atoms with E-state index in [1.54, 1.807) is 43.3 Å². The summed E-state index contributed by atoms with van der Waals surface area (Å²) < 4.78 is 0. The van der Waals surface area contributed by atoms with E-state index in [1.165, 1.54) is 4.90 Å². The summed E-state index contributed by atoms with van der Waals surface area (Å²) in [5, 5.41) is 4.39. The molecule has 0 bridgehead atoms. The lowest BCUT2D eigenvalue weighted by atomic mass is 10.1. The van der Waals surface area contributed by atoms with Gasteiger partial charge >= 0.3 is 0 Å². The fraction of sp³-hybridized carbons (Fsp3) is 0.364. The summed E-state index contributed by atoms with van der Waals surface area (Å²) in [4.78, 5) is 27.4. The number of carbonyl (C=O) groups is 2. The molecule has 0 radical (unpaired) electrons. The number of rotatable bonds is 8. The van der Waals surface area contributed by atoms with Gasteiger partial charge in [-0.2, -0.15) is 0 Å². The first kappa shape index (κ1) is 23.5. The number of amides is 2. The maximum absolute atomic E-state index is 13.2. The van der Waals surface area contributed by atoms with Crippen molar-refractivity contribution in [2.24, 2.45) is 0 Å². The second kappa shape index (κ2) is 10.9. The van der Waals surface area contributed by atoms with Crippen molar-refractivity contribution in [3.8, 4) is 0 Å². The predicted molar refractivity (Wildman–Crippen MR) is 120 cm³/mol. The van der Waals surface area contributed by atoms with Gasteiger partial charge in [-0.15, -0.1) is 0 Å². The first-order valence-corrected chi connectivity index (χ1v) is 10.6. The first-order chi connectivity index (χ1) is 13.7. The Bertz CT molecular complexity index is 853. The Hall–Kier alpha value is -1.75. The van der Waals surface area contributed by atoms with Crippen LogP contribution in [0.2, 0.25) is 15.1 Å². The normalized spacial score (nSPS) is 12.9. The van der Waals surface area contributed by atoms with Crippen molar-refractivity contribution < 1.29 is 9.59 Å². The smallest absolute Gasteiger partial charge is 0.242 e. The molecule has 4 nitrogen and oxygen atoms in total. The van der Waals surface area contributed by atoms with Gasteiger partial charge in [-0.3, -0.25) is 9.59 Å². The third kappa shape index (κ3) is 6.63. The van der Waals surface area contributed by atoms with E-state index in [1.807, 2.05) is 19.9 Å². The van der Waals surface area contributed by atoms with Crippen LogP contribution in [0.25, 0.3) is 0 Å². The van der Waals surface area contributed by atoms with Gasteiger partial charge in [0.25, 0.3) is 0 Å². The molecule has 0 saturated heterocycles. The summed E-state index contributed by atoms with van der Waals surface area (Å²) in [6, 6.07) is 11.6. The van der Waals surface area contributed by atoms with E-state index in [4.69, 9.17) is 34.8 Å². The zero-order valence-corrected chi connectivity index (χ0v) is 19.0. The number of carbonyl (C=O) groups excluding carboxylic acids is 2. The van der Waals surface area contributed by atoms with Crippen LogP contribution < -0.4 is 5.32 Å². The molecule has 0 saturated carbocycles. The number of halogens is 3. The molecule has 0 aromatic heterocycles. The second-order valence-corrected chi connectivity index (χ2v) is 8.27. The van der Waals surface area contributed by atoms with Crippen LogP contribution in [0.15, 0.2) is 42.5 Å². The Morgan fingerprint density at radius 1 is 1.03 bits per heavy atom. The fourth-order valence-corrected chi connectivity index (χ4v) is 3.55. The van der Waals surface area contributed by atoms with Gasteiger partial charge in [-0.25, -0.2) is 0 Å². The molecule has 0 spiro atoms. The number of nitrogens with one attached hydrogen (secondary N) is 1. The maximum atomic E-state index is 13.2. The number of hydrogen-bond donors (Lipinski definition) is 1. The Labute approximate surface area is 187 Å². The molecule has 1 N–H and O–H groups in total.